The second-order valence-corrected chi connectivity index (χ2v) is 13.5. The van der Waals surface area contributed by atoms with Crippen LogP contribution in [-0.4, -0.2) is 119 Å². The van der Waals surface area contributed by atoms with Gasteiger partial charge in [0.05, 0.1) is 5.69 Å². The quantitative estimate of drug-likeness (QED) is 0.0804. The molecular formula is C29H13F35N2O2. The maximum Gasteiger partial charge on any atom is 0.460 e. The van der Waals surface area contributed by atoms with Crippen LogP contribution in [0.3, 0.4) is 0 Å². The SMILES string of the molecule is Cc1c(N=C=O)cccc1C(=O)NC(C)CC(F)(F)C(F)(F)C(F)(F)C(F)(F)C(F)(F)C(F)(F)C(F)(F)C(F)(F)C(F)(F)C(F)(F)C(F)(F)C(F)(F)C(F)(F)C(F)(F)C(F)(F)C(F)(F)C(F)(F)F. The van der Waals surface area contributed by atoms with Gasteiger partial charge in [0.15, 0.2) is 0 Å². The van der Waals surface area contributed by atoms with E-state index in [9.17, 15) is 163 Å². The number of benzene rings is 1. The lowest BCUT2D eigenvalue weighted by Crippen LogP contribution is -2.80. The van der Waals surface area contributed by atoms with Gasteiger partial charge in [-0.05, 0) is 31.5 Å². The fraction of sp³-hybridized carbons (Fsp3) is 0.724. The monoisotopic (exact) mass is 1090 g/mol. The Morgan fingerprint density at radius 1 is 0.456 bits per heavy atom. The van der Waals surface area contributed by atoms with E-state index in [1.165, 1.54) is 5.32 Å². The summed E-state index contributed by atoms with van der Waals surface area (Å²) < 4.78 is 485. The molecule has 0 heterocycles. The number of hydrogen-bond donors (Lipinski definition) is 1. The zero-order chi connectivity index (χ0) is 55.3. The summed E-state index contributed by atoms with van der Waals surface area (Å²) in [5, 5.41) is 1.20. The van der Waals surface area contributed by atoms with E-state index in [2.05, 4.69) is 4.99 Å². The molecule has 0 bridgehead atoms. The summed E-state index contributed by atoms with van der Waals surface area (Å²) in [5.41, 5.74) is -1.72. The largest absolute Gasteiger partial charge is 0.460 e. The van der Waals surface area contributed by atoms with Crippen LogP contribution in [0.2, 0.25) is 0 Å². The van der Waals surface area contributed by atoms with Crippen LogP contribution >= 0.6 is 0 Å². The molecule has 1 amide bonds. The van der Waals surface area contributed by atoms with Crippen molar-refractivity contribution in [3.8, 4) is 0 Å². The number of nitrogens with zero attached hydrogens (tertiary/aromatic N) is 1. The Morgan fingerprint density at radius 3 is 0.956 bits per heavy atom. The predicted octanol–water partition coefficient (Wildman–Crippen LogP) is 13.2. The molecule has 1 atom stereocenters. The van der Waals surface area contributed by atoms with Crippen molar-refractivity contribution in [2.75, 3.05) is 0 Å². The number of nitrogens with one attached hydrogen (secondary N) is 1. The maximum absolute atomic E-state index is 14.5. The van der Waals surface area contributed by atoms with Crippen molar-refractivity contribution < 1.29 is 163 Å². The fourth-order valence-corrected chi connectivity index (χ4v) is 4.88. The number of rotatable bonds is 20. The highest BCUT2D eigenvalue weighted by Gasteiger charge is 3.02. The van der Waals surface area contributed by atoms with Gasteiger partial charge in [0, 0.05) is 18.0 Å². The molecule has 0 spiro atoms. The summed E-state index contributed by atoms with van der Waals surface area (Å²) in [7, 11) is 0. The van der Waals surface area contributed by atoms with Crippen molar-refractivity contribution in [3.05, 3.63) is 29.3 Å². The van der Waals surface area contributed by atoms with Gasteiger partial charge in [0.1, 0.15) is 0 Å². The van der Waals surface area contributed by atoms with Crippen molar-refractivity contribution >= 4 is 17.7 Å². The van der Waals surface area contributed by atoms with E-state index in [4.69, 9.17) is 0 Å². The molecule has 1 unspecified atom stereocenters. The van der Waals surface area contributed by atoms with Gasteiger partial charge in [-0.3, -0.25) is 4.79 Å². The lowest BCUT2D eigenvalue weighted by molar-refractivity contribution is -0.492. The predicted molar refractivity (Wildman–Crippen MR) is 146 cm³/mol. The van der Waals surface area contributed by atoms with Gasteiger partial charge >= 0.3 is 101 Å². The normalized spacial score (nSPS) is 16.4. The zero-order valence-corrected chi connectivity index (χ0v) is 31.0. The van der Waals surface area contributed by atoms with E-state index < -0.39 is 136 Å². The molecule has 1 rings (SSSR count). The first kappa shape index (κ1) is 61.6. The van der Waals surface area contributed by atoms with E-state index in [0.717, 1.165) is 25.1 Å². The molecule has 4 nitrogen and oxygen atoms in total. The van der Waals surface area contributed by atoms with Crippen molar-refractivity contribution in [1.29, 1.82) is 0 Å². The van der Waals surface area contributed by atoms with Gasteiger partial charge in [0.2, 0.25) is 6.08 Å². The fourth-order valence-electron chi connectivity index (χ4n) is 4.88. The lowest BCUT2D eigenvalue weighted by Gasteiger charge is -2.47. The minimum absolute atomic E-state index is 0.00994. The Labute approximate surface area is 348 Å². The standard InChI is InChI=1S/C29H13F35N2O2/c1-8(66-12(68)10-4-3-5-11(9(10)2)65-7-67)6-13(30,31)14(32,33)15(34,35)16(36,37)17(38,39)18(40,41)19(42,43)20(44,45)21(46,47)22(48,49)23(50,51)24(52,53)25(54,55)26(56,57)27(58,59)28(60,61)29(62,63)64/h3-5,8H,6H2,1-2H3,(H,66,68). The molecule has 0 radical (unpaired) electrons. The van der Waals surface area contributed by atoms with Gasteiger partial charge in [-0.25, -0.2) is 4.79 Å². The average molecular weight is 1090 g/mol. The zero-order valence-electron chi connectivity index (χ0n) is 31.0. The first-order valence-electron chi connectivity index (χ1n) is 15.8. The highest BCUT2D eigenvalue weighted by molar-refractivity contribution is 5.97. The molecule has 68 heavy (non-hydrogen) atoms. The van der Waals surface area contributed by atoms with Gasteiger partial charge in [-0.2, -0.15) is 159 Å². The number of aliphatic imine (C=N–C) groups is 1. The number of isocyanates is 1. The smallest absolute Gasteiger partial charge is 0.349 e. The first-order chi connectivity index (χ1) is 29.2. The molecule has 396 valence electrons. The maximum atomic E-state index is 14.5. The summed E-state index contributed by atoms with van der Waals surface area (Å²) in [6.07, 6.45) is -10.9. The van der Waals surface area contributed by atoms with Crippen LogP contribution in [0.5, 0.6) is 0 Å². The highest BCUT2D eigenvalue weighted by Crippen LogP contribution is 2.70. The highest BCUT2D eigenvalue weighted by atomic mass is 19.4. The van der Waals surface area contributed by atoms with E-state index in [0.29, 0.717) is 6.07 Å². The third-order valence-electron chi connectivity index (χ3n) is 8.99. The number of amides is 1. The van der Waals surface area contributed by atoms with E-state index >= 15 is 0 Å². The van der Waals surface area contributed by atoms with Crippen molar-refractivity contribution in [2.24, 2.45) is 4.99 Å². The van der Waals surface area contributed by atoms with Crippen LogP contribution < -0.4 is 5.32 Å². The van der Waals surface area contributed by atoms with Crippen LogP contribution in [0.25, 0.3) is 0 Å². The average Bonchev–Trinajstić information content (AvgIpc) is 3.13. The third-order valence-corrected chi connectivity index (χ3v) is 8.99. The molecule has 0 saturated carbocycles. The second-order valence-electron chi connectivity index (χ2n) is 13.5. The minimum Gasteiger partial charge on any atom is -0.349 e. The van der Waals surface area contributed by atoms with Gasteiger partial charge in [-0.1, -0.05) is 6.07 Å². The molecule has 1 aromatic rings. The molecule has 0 fully saturated rings. The van der Waals surface area contributed by atoms with E-state index in [1.807, 2.05) is 0 Å². The summed E-state index contributed by atoms with van der Waals surface area (Å²) >= 11 is 0. The Balaban J connectivity index is 3.92. The topological polar surface area (TPSA) is 58.5 Å². The molecule has 0 aromatic heterocycles. The number of alkyl halides is 35. The van der Waals surface area contributed by atoms with Crippen molar-refractivity contribution in [3.63, 3.8) is 0 Å². The Bertz CT molecular complexity index is 2080. The second kappa shape index (κ2) is 16.6. The lowest BCUT2D eigenvalue weighted by atomic mass is 9.82. The van der Waals surface area contributed by atoms with Crippen LogP contribution in [0, 0.1) is 6.92 Å². The number of carbonyl (C=O) groups excluding carboxylic acids is 2. The number of hydrogen-bond acceptors (Lipinski definition) is 3. The summed E-state index contributed by atoms with van der Waals surface area (Å²) in [6.45, 7) is 0.896. The van der Waals surface area contributed by atoms with Crippen LogP contribution in [-0.2, 0) is 4.79 Å². The molecule has 1 aromatic carbocycles. The van der Waals surface area contributed by atoms with Gasteiger partial charge < -0.3 is 5.32 Å². The van der Waals surface area contributed by atoms with Crippen molar-refractivity contribution in [1.82, 2.24) is 5.32 Å². The molecular weight excluding hydrogens is 1070 g/mol. The summed E-state index contributed by atoms with van der Waals surface area (Å²) in [4.78, 5) is 25.8. The number of halogens is 35. The number of carbonyl (C=O) groups is 1. The van der Waals surface area contributed by atoms with E-state index in [-0.39, 0.29) is 6.92 Å². The minimum atomic E-state index is -10.4. The van der Waals surface area contributed by atoms with Gasteiger partial charge in [-0.15, -0.1) is 0 Å². The Morgan fingerprint density at radius 2 is 0.706 bits per heavy atom. The van der Waals surface area contributed by atoms with Crippen LogP contribution in [0.1, 0.15) is 29.3 Å². The molecule has 0 saturated heterocycles. The van der Waals surface area contributed by atoms with Crippen molar-refractivity contribution in [2.45, 2.75) is 127 Å². The van der Waals surface area contributed by atoms with Gasteiger partial charge in [0.25, 0.3) is 5.91 Å². The molecule has 0 aliphatic carbocycles. The Hall–Kier alpha value is -4.38. The van der Waals surface area contributed by atoms with Crippen LogP contribution in [0.15, 0.2) is 23.2 Å². The third kappa shape index (κ3) is 7.87. The summed E-state index contributed by atoms with van der Waals surface area (Å²) in [6, 6.07) is -0.494. The molecule has 39 heteroatoms. The van der Waals surface area contributed by atoms with E-state index in [1.54, 1.807) is 0 Å². The molecule has 1 N–H and O–H groups in total. The molecule has 0 aliphatic heterocycles. The van der Waals surface area contributed by atoms with Crippen LogP contribution in [0.4, 0.5) is 159 Å². The molecule has 0 aliphatic rings. The first-order valence-corrected chi connectivity index (χ1v) is 15.8. The Kier molecular flexibility index (Phi) is 15.1. The summed E-state index contributed by atoms with van der Waals surface area (Å²) in [5.74, 6) is -157.